The number of ether oxygens (including phenoxy) is 2. The first kappa shape index (κ1) is 20.8. The van der Waals surface area contributed by atoms with Crippen molar-refractivity contribution >= 4 is 5.91 Å². The maximum Gasteiger partial charge on any atom is 0.220 e. The number of aliphatic hydroxyl groups excluding tert-OH is 2. The standard InChI is InChI=1S/C22H25NO6/c1-12(26)23-18-6-4-13-8-14(10-24)17(11-25)22(29-3)21(13)15-5-7-20(28-2)19(27)9-16(15)18/h5,7-9,18,24-25H,4,6,10-11H2,1-3H3,(H,23,26). The molecule has 1 atom stereocenters. The average Bonchev–Trinajstić information content (AvgIpc) is 2.95. The first-order valence-corrected chi connectivity index (χ1v) is 9.38. The van der Waals surface area contributed by atoms with Crippen molar-refractivity contribution in [1.29, 1.82) is 0 Å². The Balaban J connectivity index is 2.41. The highest BCUT2D eigenvalue weighted by atomic mass is 16.5. The van der Waals surface area contributed by atoms with Crippen LogP contribution in [0.15, 0.2) is 29.1 Å². The minimum atomic E-state index is -0.375. The molecule has 0 aliphatic heterocycles. The van der Waals surface area contributed by atoms with Crippen LogP contribution >= 0.6 is 0 Å². The molecule has 0 saturated carbocycles. The van der Waals surface area contributed by atoms with Crippen LogP contribution in [0.1, 0.15) is 41.6 Å². The van der Waals surface area contributed by atoms with Gasteiger partial charge in [0.1, 0.15) is 5.75 Å². The summed E-state index contributed by atoms with van der Waals surface area (Å²) in [5, 5.41) is 22.6. The molecule has 154 valence electrons. The molecule has 0 spiro atoms. The monoisotopic (exact) mass is 399 g/mol. The van der Waals surface area contributed by atoms with Crippen LogP contribution in [0.3, 0.4) is 0 Å². The fourth-order valence-corrected chi connectivity index (χ4v) is 4.01. The number of nitrogens with one attached hydrogen (secondary N) is 1. The Labute approximate surface area is 168 Å². The molecular weight excluding hydrogens is 374 g/mol. The van der Waals surface area contributed by atoms with Gasteiger partial charge in [-0.25, -0.2) is 0 Å². The molecular formula is C22H25NO6. The fourth-order valence-electron chi connectivity index (χ4n) is 4.01. The van der Waals surface area contributed by atoms with Gasteiger partial charge in [-0.15, -0.1) is 0 Å². The summed E-state index contributed by atoms with van der Waals surface area (Å²) in [7, 11) is 2.94. The van der Waals surface area contributed by atoms with Crippen LogP contribution in [0.5, 0.6) is 11.5 Å². The van der Waals surface area contributed by atoms with E-state index in [1.54, 1.807) is 12.1 Å². The van der Waals surface area contributed by atoms with E-state index in [1.165, 1.54) is 27.2 Å². The maximum atomic E-state index is 12.6. The van der Waals surface area contributed by atoms with E-state index in [1.807, 2.05) is 6.07 Å². The second kappa shape index (κ2) is 8.63. The minimum Gasteiger partial charge on any atom is -0.496 e. The lowest BCUT2D eigenvalue weighted by Gasteiger charge is -2.20. The third kappa shape index (κ3) is 3.83. The van der Waals surface area contributed by atoms with E-state index in [-0.39, 0.29) is 36.3 Å². The molecule has 1 aliphatic carbocycles. The SMILES string of the molecule is COc1c(CO)c(CO)cc2c1-c1ccc(OC)c(=O)cc1C(NC(C)=O)CC2. The number of hydrogen-bond donors (Lipinski definition) is 3. The summed E-state index contributed by atoms with van der Waals surface area (Å²) < 4.78 is 10.8. The van der Waals surface area contributed by atoms with Crippen molar-refractivity contribution in [2.75, 3.05) is 14.2 Å². The summed E-state index contributed by atoms with van der Waals surface area (Å²) in [5.41, 5.74) is 3.83. The molecule has 0 radical (unpaired) electrons. The lowest BCUT2D eigenvalue weighted by molar-refractivity contribution is -0.119. The molecule has 1 amide bonds. The predicted octanol–water partition coefficient (Wildman–Crippen LogP) is 1.84. The van der Waals surface area contributed by atoms with Crippen molar-refractivity contribution in [2.24, 2.45) is 0 Å². The second-order valence-electron chi connectivity index (χ2n) is 6.97. The molecule has 7 heteroatoms. The Kier molecular flexibility index (Phi) is 6.20. The van der Waals surface area contributed by atoms with E-state index in [0.29, 0.717) is 40.8 Å². The predicted molar refractivity (Wildman–Crippen MR) is 108 cm³/mol. The molecule has 0 heterocycles. The summed E-state index contributed by atoms with van der Waals surface area (Å²) in [6, 6.07) is 6.34. The van der Waals surface area contributed by atoms with Crippen molar-refractivity contribution in [3.63, 3.8) is 0 Å². The Morgan fingerprint density at radius 2 is 1.93 bits per heavy atom. The molecule has 1 unspecified atom stereocenters. The number of carbonyl (C=O) groups is 1. The van der Waals surface area contributed by atoms with Crippen LogP contribution in [0, 0.1) is 0 Å². The third-order valence-electron chi connectivity index (χ3n) is 5.28. The van der Waals surface area contributed by atoms with Gasteiger partial charge in [0.15, 0.2) is 5.75 Å². The van der Waals surface area contributed by atoms with Crippen LogP contribution in [0.25, 0.3) is 11.1 Å². The summed E-state index contributed by atoms with van der Waals surface area (Å²) >= 11 is 0. The summed E-state index contributed by atoms with van der Waals surface area (Å²) in [6.07, 6.45) is 1.16. The van der Waals surface area contributed by atoms with Crippen LogP contribution in [0.4, 0.5) is 0 Å². The Hall–Kier alpha value is -2.90. The van der Waals surface area contributed by atoms with Gasteiger partial charge >= 0.3 is 0 Å². The zero-order valence-corrected chi connectivity index (χ0v) is 16.7. The highest BCUT2D eigenvalue weighted by molar-refractivity contribution is 5.81. The van der Waals surface area contributed by atoms with Crippen molar-refractivity contribution in [2.45, 2.75) is 39.0 Å². The number of hydrogen-bond acceptors (Lipinski definition) is 6. The molecule has 0 saturated heterocycles. The van der Waals surface area contributed by atoms with E-state index in [4.69, 9.17) is 9.47 Å². The van der Waals surface area contributed by atoms with Crippen molar-refractivity contribution in [3.8, 4) is 22.6 Å². The van der Waals surface area contributed by atoms with E-state index in [9.17, 15) is 19.8 Å². The average molecular weight is 399 g/mol. The topological polar surface area (TPSA) is 105 Å². The maximum absolute atomic E-state index is 12.6. The lowest BCUT2D eigenvalue weighted by Crippen LogP contribution is -2.26. The molecule has 7 nitrogen and oxygen atoms in total. The van der Waals surface area contributed by atoms with Crippen LogP contribution in [-0.2, 0) is 24.4 Å². The van der Waals surface area contributed by atoms with Gasteiger partial charge in [0.25, 0.3) is 0 Å². The Bertz CT molecular complexity index is 1000. The molecule has 0 aromatic heterocycles. The molecule has 0 fully saturated rings. The van der Waals surface area contributed by atoms with Crippen LogP contribution in [0.2, 0.25) is 0 Å². The molecule has 3 N–H and O–H groups in total. The highest BCUT2D eigenvalue weighted by Crippen LogP contribution is 2.44. The highest BCUT2D eigenvalue weighted by Gasteiger charge is 2.28. The van der Waals surface area contributed by atoms with Gasteiger partial charge in [0, 0.05) is 18.1 Å². The lowest BCUT2D eigenvalue weighted by atomic mass is 9.91. The van der Waals surface area contributed by atoms with E-state index in [2.05, 4.69) is 5.32 Å². The zero-order chi connectivity index (χ0) is 21.1. The van der Waals surface area contributed by atoms with Gasteiger partial charge in [-0.1, -0.05) is 12.1 Å². The van der Waals surface area contributed by atoms with Gasteiger partial charge in [-0.3, -0.25) is 9.59 Å². The first-order valence-electron chi connectivity index (χ1n) is 9.38. The number of methoxy groups -OCH3 is 2. The van der Waals surface area contributed by atoms with E-state index < -0.39 is 0 Å². The number of fused-ring (bicyclic) bond motifs is 3. The summed E-state index contributed by atoms with van der Waals surface area (Å²) in [5.74, 6) is 0.447. The van der Waals surface area contributed by atoms with Crippen molar-refractivity contribution < 1.29 is 24.5 Å². The van der Waals surface area contributed by atoms with E-state index >= 15 is 0 Å². The number of aryl methyl sites for hydroxylation is 1. The zero-order valence-electron chi connectivity index (χ0n) is 16.7. The van der Waals surface area contributed by atoms with Gasteiger partial charge in [0.05, 0.1) is 33.5 Å². The number of carbonyl (C=O) groups excluding carboxylic acids is 1. The number of rotatable bonds is 5. The van der Waals surface area contributed by atoms with Crippen molar-refractivity contribution in [1.82, 2.24) is 5.32 Å². The second-order valence-corrected chi connectivity index (χ2v) is 6.97. The van der Waals surface area contributed by atoms with Gasteiger partial charge in [-0.05, 0) is 47.2 Å². The van der Waals surface area contributed by atoms with Gasteiger partial charge in [-0.2, -0.15) is 0 Å². The minimum absolute atomic E-state index is 0.189. The van der Waals surface area contributed by atoms with Crippen molar-refractivity contribution in [3.05, 3.63) is 56.7 Å². The molecule has 0 bridgehead atoms. The van der Waals surface area contributed by atoms with E-state index in [0.717, 1.165) is 11.1 Å². The molecule has 2 aromatic rings. The number of aliphatic hydroxyl groups is 2. The van der Waals surface area contributed by atoms with Gasteiger partial charge < -0.3 is 25.0 Å². The van der Waals surface area contributed by atoms with Crippen LogP contribution in [-0.4, -0.2) is 30.3 Å². The third-order valence-corrected chi connectivity index (χ3v) is 5.28. The smallest absolute Gasteiger partial charge is 0.220 e. The summed E-state index contributed by atoms with van der Waals surface area (Å²) in [4.78, 5) is 24.4. The molecule has 3 rings (SSSR count). The quantitative estimate of drug-likeness (QED) is 0.709. The number of benzene rings is 1. The largest absolute Gasteiger partial charge is 0.496 e. The molecule has 1 aliphatic rings. The Morgan fingerprint density at radius 1 is 1.17 bits per heavy atom. The molecule has 2 aromatic carbocycles. The van der Waals surface area contributed by atoms with Gasteiger partial charge in [0.2, 0.25) is 11.3 Å². The van der Waals surface area contributed by atoms with Crippen LogP contribution < -0.4 is 20.2 Å². The Morgan fingerprint density at radius 3 is 2.52 bits per heavy atom. The molecule has 29 heavy (non-hydrogen) atoms. The summed E-state index contributed by atoms with van der Waals surface area (Å²) in [6.45, 7) is 0.905. The normalized spacial score (nSPS) is 15.0. The fraction of sp³-hybridized carbons (Fsp3) is 0.364. The first-order chi connectivity index (χ1) is 13.9. The number of amides is 1.